The van der Waals surface area contributed by atoms with Gasteiger partial charge in [0.2, 0.25) is 0 Å². The van der Waals surface area contributed by atoms with E-state index in [4.69, 9.17) is 5.11 Å². The van der Waals surface area contributed by atoms with Crippen molar-refractivity contribution in [3.05, 3.63) is 59.8 Å². The summed E-state index contributed by atoms with van der Waals surface area (Å²) in [6, 6.07) is 13.8. The van der Waals surface area contributed by atoms with Crippen molar-refractivity contribution >= 4 is 16.9 Å². The molecular formula is C16H11N2NaO3. The minimum absolute atomic E-state index is 0. The third kappa shape index (κ3) is 2.60. The quantitative estimate of drug-likeness (QED) is 0.654. The van der Waals surface area contributed by atoms with Gasteiger partial charge in [0.05, 0.1) is 11.1 Å². The SMILES string of the molecule is N#Cc1cn(-c2ccc(C(=O)O)c(O)c2)c2ccccc12.[H-].[Na+]. The first-order valence-corrected chi connectivity index (χ1v) is 6.18. The van der Waals surface area contributed by atoms with Crippen molar-refractivity contribution in [1.82, 2.24) is 4.57 Å². The monoisotopic (exact) mass is 302 g/mol. The van der Waals surface area contributed by atoms with Gasteiger partial charge in [-0.15, -0.1) is 0 Å². The van der Waals surface area contributed by atoms with E-state index in [0.29, 0.717) is 11.3 Å². The Morgan fingerprint density at radius 1 is 1.23 bits per heavy atom. The number of hydrogen-bond acceptors (Lipinski definition) is 3. The van der Waals surface area contributed by atoms with Crippen LogP contribution in [0, 0.1) is 11.3 Å². The molecule has 22 heavy (non-hydrogen) atoms. The maximum atomic E-state index is 10.9. The fourth-order valence-electron chi connectivity index (χ4n) is 2.33. The number of phenols is 1. The Morgan fingerprint density at radius 2 is 1.95 bits per heavy atom. The molecule has 0 unspecified atom stereocenters. The molecule has 6 heteroatoms. The van der Waals surface area contributed by atoms with Crippen molar-refractivity contribution in [3.8, 4) is 17.5 Å². The van der Waals surface area contributed by atoms with Crippen LogP contribution in [-0.2, 0) is 0 Å². The van der Waals surface area contributed by atoms with Gasteiger partial charge in [-0.25, -0.2) is 4.79 Å². The Kier molecular flexibility index (Phi) is 4.57. The van der Waals surface area contributed by atoms with Crippen LogP contribution in [0.4, 0.5) is 0 Å². The number of rotatable bonds is 2. The second kappa shape index (κ2) is 6.24. The van der Waals surface area contributed by atoms with Crippen molar-refractivity contribution in [2.45, 2.75) is 0 Å². The van der Waals surface area contributed by atoms with E-state index in [2.05, 4.69) is 6.07 Å². The van der Waals surface area contributed by atoms with Gasteiger partial charge in [-0.05, 0) is 18.2 Å². The van der Waals surface area contributed by atoms with Crippen LogP contribution in [0.5, 0.6) is 5.75 Å². The molecule has 0 atom stereocenters. The van der Waals surface area contributed by atoms with Gasteiger partial charge in [0.1, 0.15) is 17.4 Å². The summed E-state index contributed by atoms with van der Waals surface area (Å²) in [6.45, 7) is 0. The summed E-state index contributed by atoms with van der Waals surface area (Å²) in [4.78, 5) is 10.9. The largest absolute Gasteiger partial charge is 1.00 e. The van der Waals surface area contributed by atoms with Crippen molar-refractivity contribution in [3.63, 3.8) is 0 Å². The van der Waals surface area contributed by atoms with Crippen LogP contribution in [0.15, 0.2) is 48.7 Å². The van der Waals surface area contributed by atoms with E-state index in [-0.39, 0.29) is 42.3 Å². The zero-order valence-electron chi connectivity index (χ0n) is 12.8. The molecule has 0 amide bonds. The molecule has 2 N–H and O–H groups in total. The predicted molar refractivity (Wildman–Crippen MR) is 77.7 cm³/mol. The standard InChI is InChI=1S/C16H10N2O3.Na.H/c17-8-10-9-18(14-4-2-1-3-12(10)14)11-5-6-13(16(20)21)15(19)7-11;;/h1-7,9,19H,(H,20,21);;/q;+1;-1. The molecule has 0 bridgehead atoms. The van der Waals surface area contributed by atoms with E-state index in [9.17, 15) is 15.2 Å². The fourth-order valence-corrected chi connectivity index (χ4v) is 2.33. The molecule has 0 aliphatic heterocycles. The van der Waals surface area contributed by atoms with E-state index >= 15 is 0 Å². The number of carboxylic acid groups (broad SMARTS) is 1. The smallest absolute Gasteiger partial charge is 1.00 e. The van der Waals surface area contributed by atoms with Crippen LogP contribution in [-0.4, -0.2) is 20.7 Å². The molecule has 2 aromatic carbocycles. The topological polar surface area (TPSA) is 86.2 Å². The minimum atomic E-state index is -1.19. The number of hydrogen-bond donors (Lipinski definition) is 2. The number of nitriles is 1. The molecule has 3 rings (SSSR count). The number of fused-ring (bicyclic) bond motifs is 1. The van der Waals surface area contributed by atoms with E-state index < -0.39 is 5.97 Å². The summed E-state index contributed by atoms with van der Waals surface area (Å²) in [5.74, 6) is -1.49. The molecule has 0 aliphatic carbocycles. The van der Waals surface area contributed by atoms with Gasteiger partial charge in [-0.2, -0.15) is 5.26 Å². The summed E-state index contributed by atoms with van der Waals surface area (Å²) in [7, 11) is 0. The molecule has 5 nitrogen and oxygen atoms in total. The second-order valence-corrected chi connectivity index (χ2v) is 4.55. The summed E-state index contributed by atoms with van der Waals surface area (Å²) >= 11 is 0. The molecule has 0 fully saturated rings. The number of nitrogens with zero attached hydrogens (tertiary/aromatic N) is 2. The summed E-state index contributed by atoms with van der Waals surface area (Å²) in [5, 5.41) is 28.7. The van der Waals surface area contributed by atoms with Crippen molar-refractivity contribution < 1.29 is 46.0 Å². The zero-order chi connectivity index (χ0) is 15.0. The number of carboxylic acids is 1. The number of aromatic nitrogens is 1. The Labute approximate surface area is 149 Å². The average Bonchev–Trinajstić information content (AvgIpc) is 2.85. The van der Waals surface area contributed by atoms with Crippen LogP contribution in [0.3, 0.4) is 0 Å². The third-order valence-corrected chi connectivity index (χ3v) is 3.32. The number of aromatic carboxylic acids is 1. The maximum Gasteiger partial charge on any atom is 1.00 e. The summed E-state index contributed by atoms with van der Waals surface area (Å²) < 4.78 is 1.75. The molecule has 104 valence electrons. The first-order chi connectivity index (χ1) is 10.1. The summed E-state index contributed by atoms with van der Waals surface area (Å²) in [6.07, 6.45) is 1.67. The average molecular weight is 302 g/mol. The van der Waals surface area contributed by atoms with Crippen molar-refractivity contribution in [1.29, 1.82) is 5.26 Å². The van der Waals surface area contributed by atoms with E-state index in [1.54, 1.807) is 16.8 Å². The number of aromatic hydroxyl groups is 1. The Morgan fingerprint density at radius 3 is 2.59 bits per heavy atom. The summed E-state index contributed by atoms with van der Waals surface area (Å²) in [5.41, 5.74) is 1.77. The number of para-hydroxylation sites is 1. The van der Waals surface area contributed by atoms with Crippen LogP contribution in [0.2, 0.25) is 0 Å². The molecule has 1 aromatic heterocycles. The molecule has 0 saturated heterocycles. The fraction of sp³-hybridized carbons (Fsp3) is 0. The Hall–Kier alpha value is -2.26. The maximum absolute atomic E-state index is 10.9. The van der Waals surface area contributed by atoms with Crippen LogP contribution >= 0.6 is 0 Å². The van der Waals surface area contributed by atoms with Crippen LogP contribution in [0.25, 0.3) is 16.6 Å². The molecule has 0 aliphatic rings. The van der Waals surface area contributed by atoms with Gasteiger partial charge in [-0.3, -0.25) is 0 Å². The Bertz CT molecular complexity index is 915. The molecule has 1 heterocycles. The number of carbonyl (C=O) groups is 1. The molecule has 3 aromatic rings. The third-order valence-electron chi connectivity index (χ3n) is 3.32. The zero-order valence-corrected chi connectivity index (χ0v) is 13.8. The van der Waals surface area contributed by atoms with Gasteiger partial charge >= 0.3 is 35.5 Å². The normalized spacial score (nSPS) is 9.95. The molecule has 0 radical (unpaired) electrons. The van der Waals surface area contributed by atoms with Crippen LogP contribution in [0.1, 0.15) is 17.3 Å². The van der Waals surface area contributed by atoms with Gasteiger partial charge < -0.3 is 16.2 Å². The van der Waals surface area contributed by atoms with Gasteiger partial charge in [0.15, 0.2) is 0 Å². The number of benzene rings is 2. The first-order valence-electron chi connectivity index (χ1n) is 6.18. The van der Waals surface area contributed by atoms with Crippen molar-refractivity contribution in [2.24, 2.45) is 0 Å². The minimum Gasteiger partial charge on any atom is -1.00 e. The molecular weight excluding hydrogens is 291 g/mol. The predicted octanol–water partition coefficient (Wildman–Crippen LogP) is 0.0225. The second-order valence-electron chi connectivity index (χ2n) is 4.55. The van der Waals surface area contributed by atoms with Gasteiger partial charge in [0.25, 0.3) is 0 Å². The molecule has 0 spiro atoms. The Balaban J connectivity index is 0.00000132. The van der Waals surface area contributed by atoms with E-state index in [1.165, 1.54) is 12.1 Å². The van der Waals surface area contributed by atoms with Gasteiger partial charge in [-0.1, -0.05) is 18.2 Å². The van der Waals surface area contributed by atoms with E-state index in [1.807, 2.05) is 24.3 Å². The van der Waals surface area contributed by atoms with E-state index in [0.717, 1.165) is 10.9 Å². The first kappa shape index (κ1) is 16.1. The van der Waals surface area contributed by atoms with Gasteiger partial charge in [0, 0.05) is 23.3 Å². The van der Waals surface area contributed by atoms with Crippen LogP contribution < -0.4 is 29.6 Å². The molecule has 0 saturated carbocycles. The van der Waals surface area contributed by atoms with Crippen molar-refractivity contribution in [2.75, 3.05) is 0 Å².